The first kappa shape index (κ1) is 9.51. The molecule has 1 heterocycles. The predicted octanol–water partition coefficient (Wildman–Crippen LogP) is 1.60. The second-order valence-corrected chi connectivity index (χ2v) is 3.00. The smallest absolute Gasteiger partial charge is 0.302 e. The van der Waals surface area contributed by atoms with Gasteiger partial charge in [-0.3, -0.25) is 4.57 Å². The van der Waals surface area contributed by atoms with Gasteiger partial charge in [0.1, 0.15) is 11.6 Å². The highest BCUT2D eigenvalue weighted by Gasteiger charge is 2.08. The largest absolute Gasteiger partial charge is 0.468 e. The van der Waals surface area contributed by atoms with Crippen LogP contribution in [-0.2, 0) is 0 Å². The molecule has 0 saturated carbocycles. The van der Waals surface area contributed by atoms with Crippen LogP contribution in [0, 0.1) is 5.82 Å². The third-order valence-electron chi connectivity index (χ3n) is 1.96. The summed E-state index contributed by atoms with van der Waals surface area (Å²) in [5.74, 6) is 0.0120. The van der Waals surface area contributed by atoms with Crippen molar-refractivity contribution >= 4 is 5.82 Å². The quantitative estimate of drug-likeness (QED) is 0.813. The van der Waals surface area contributed by atoms with Crippen LogP contribution >= 0.6 is 0 Å². The van der Waals surface area contributed by atoms with Crippen molar-refractivity contribution < 1.29 is 9.13 Å². The first-order chi connectivity index (χ1) is 7.20. The van der Waals surface area contributed by atoms with E-state index in [9.17, 15) is 4.39 Å². The third kappa shape index (κ3) is 1.76. The first-order valence-electron chi connectivity index (χ1n) is 4.35. The van der Waals surface area contributed by atoms with Crippen molar-refractivity contribution in [1.29, 1.82) is 0 Å². The van der Waals surface area contributed by atoms with Crippen molar-refractivity contribution in [1.82, 2.24) is 9.55 Å². The zero-order valence-corrected chi connectivity index (χ0v) is 8.14. The summed E-state index contributed by atoms with van der Waals surface area (Å²) in [5.41, 5.74) is 6.15. The second-order valence-electron chi connectivity index (χ2n) is 3.00. The number of benzene rings is 1. The lowest BCUT2D eigenvalue weighted by Crippen LogP contribution is -1.97. The minimum Gasteiger partial charge on any atom is -0.468 e. The average molecular weight is 207 g/mol. The van der Waals surface area contributed by atoms with E-state index >= 15 is 0 Å². The van der Waals surface area contributed by atoms with Crippen LogP contribution < -0.4 is 10.5 Å². The zero-order chi connectivity index (χ0) is 10.8. The van der Waals surface area contributed by atoms with Crippen LogP contribution in [0.3, 0.4) is 0 Å². The SMILES string of the molecule is COc1nc(N)cn1-c1cccc(F)c1. The van der Waals surface area contributed by atoms with E-state index in [0.29, 0.717) is 17.5 Å². The van der Waals surface area contributed by atoms with Crippen LogP contribution in [0.2, 0.25) is 0 Å². The van der Waals surface area contributed by atoms with E-state index in [-0.39, 0.29) is 5.82 Å². The summed E-state index contributed by atoms with van der Waals surface area (Å²) < 4.78 is 19.6. The summed E-state index contributed by atoms with van der Waals surface area (Å²) in [4.78, 5) is 3.93. The summed E-state index contributed by atoms with van der Waals surface area (Å²) >= 11 is 0. The molecule has 78 valence electrons. The molecule has 0 saturated heterocycles. The maximum Gasteiger partial charge on any atom is 0.302 e. The molecule has 0 aliphatic rings. The number of aromatic nitrogens is 2. The monoisotopic (exact) mass is 207 g/mol. The van der Waals surface area contributed by atoms with Gasteiger partial charge in [-0.05, 0) is 18.2 Å². The Morgan fingerprint density at radius 1 is 1.47 bits per heavy atom. The lowest BCUT2D eigenvalue weighted by molar-refractivity contribution is 0.374. The number of ether oxygens (including phenoxy) is 1. The molecule has 0 aliphatic carbocycles. The van der Waals surface area contributed by atoms with E-state index in [2.05, 4.69) is 4.98 Å². The average Bonchev–Trinajstić information content (AvgIpc) is 2.59. The molecule has 2 N–H and O–H groups in total. The zero-order valence-electron chi connectivity index (χ0n) is 8.14. The molecule has 0 atom stereocenters. The number of anilines is 1. The van der Waals surface area contributed by atoms with Crippen LogP contribution in [0.25, 0.3) is 5.69 Å². The number of hydrogen-bond acceptors (Lipinski definition) is 3. The molecular weight excluding hydrogens is 197 g/mol. The molecule has 1 aromatic heterocycles. The molecule has 0 spiro atoms. The first-order valence-corrected chi connectivity index (χ1v) is 4.35. The van der Waals surface area contributed by atoms with Crippen molar-refractivity contribution in [2.75, 3.05) is 12.8 Å². The number of rotatable bonds is 2. The van der Waals surface area contributed by atoms with E-state index in [0.717, 1.165) is 0 Å². The minimum absolute atomic E-state index is 0.318. The van der Waals surface area contributed by atoms with Gasteiger partial charge in [0.2, 0.25) is 0 Å². The van der Waals surface area contributed by atoms with Gasteiger partial charge in [0.25, 0.3) is 0 Å². The van der Waals surface area contributed by atoms with Gasteiger partial charge in [-0.25, -0.2) is 4.39 Å². The Hall–Kier alpha value is -2.04. The Kier molecular flexibility index (Phi) is 2.29. The van der Waals surface area contributed by atoms with Crippen molar-refractivity contribution in [2.24, 2.45) is 0 Å². The number of hydrogen-bond donors (Lipinski definition) is 1. The summed E-state index contributed by atoms with van der Waals surface area (Å²) in [6.07, 6.45) is 1.58. The topological polar surface area (TPSA) is 53.1 Å². The minimum atomic E-state index is -0.318. The van der Waals surface area contributed by atoms with E-state index in [4.69, 9.17) is 10.5 Å². The maximum absolute atomic E-state index is 13.0. The van der Waals surface area contributed by atoms with Gasteiger partial charge in [-0.15, -0.1) is 0 Å². The highest BCUT2D eigenvalue weighted by atomic mass is 19.1. The molecule has 4 nitrogen and oxygen atoms in total. The molecule has 2 rings (SSSR count). The van der Waals surface area contributed by atoms with Crippen LogP contribution in [-0.4, -0.2) is 16.7 Å². The number of halogens is 1. The number of nitrogen functional groups attached to an aromatic ring is 1. The van der Waals surface area contributed by atoms with Crippen molar-refractivity contribution in [3.05, 3.63) is 36.3 Å². The molecular formula is C10H10FN3O. The molecule has 0 aliphatic heterocycles. The van der Waals surface area contributed by atoms with E-state index in [1.807, 2.05) is 0 Å². The van der Waals surface area contributed by atoms with Gasteiger partial charge in [-0.1, -0.05) is 6.07 Å². The fourth-order valence-electron chi connectivity index (χ4n) is 1.34. The highest BCUT2D eigenvalue weighted by Crippen LogP contribution is 2.19. The van der Waals surface area contributed by atoms with E-state index < -0.39 is 0 Å². The number of imidazole rings is 1. The Morgan fingerprint density at radius 3 is 2.93 bits per heavy atom. The summed E-state index contributed by atoms with van der Waals surface area (Å²) in [7, 11) is 1.48. The second kappa shape index (κ2) is 3.61. The van der Waals surface area contributed by atoms with Gasteiger partial charge in [0, 0.05) is 0 Å². The molecule has 0 unspecified atom stereocenters. The van der Waals surface area contributed by atoms with Gasteiger partial charge in [-0.2, -0.15) is 4.98 Å². The molecule has 5 heteroatoms. The van der Waals surface area contributed by atoms with Crippen molar-refractivity contribution in [2.45, 2.75) is 0 Å². The van der Waals surface area contributed by atoms with Crippen LogP contribution in [0.5, 0.6) is 6.01 Å². The molecule has 0 radical (unpaired) electrons. The Bertz CT molecular complexity index is 481. The Morgan fingerprint density at radius 2 is 2.27 bits per heavy atom. The van der Waals surface area contributed by atoms with Crippen LogP contribution in [0.1, 0.15) is 0 Å². The van der Waals surface area contributed by atoms with Gasteiger partial charge >= 0.3 is 6.01 Å². The lowest BCUT2D eigenvalue weighted by atomic mass is 10.3. The van der Waals surface area contributed by atoms with E-state index in [1.165, 1.54) is 19.2 Å². The predicted molar refractivity (Wildman–Crippen MR) is 54.5 cm³/mol. The van der Waals surface area contributed by atoms with E-state index in [1.54, 1.807) is 22.9 Å². The number of nitrogens with zero attached hydrogens (tertiary/aromatic N) is 2. The highest BCUT2D eigenvalue weighted by molar-refractivity contribution is 5.40. The fraction of sp³-hybridized carbons (Fsp3) is 0.100. The summed E-state index contributed by atoms with van der Waals surface area (Å²) in [5, 5.41) is 0. The molecule has 15 heavy (non-hydrogen) atoms. The Balaban J connectivity index is 2.53. The molecule has 1 aromatic carbocycles. The third-order valence-corrected chi connectivity index (χ3v) is 1.96. The van der Waals surface area contributed by atoms with Crippen molar-refractivity contribution in [3.8, 4) is 11.7 Å². The van der Waals surface area contributed by atoms with Crippen molar-refractivity contribution in [3.63, 3.8) is 0 Å². The standard InChI is InChI=1S/C10H10FN3O/c1-15-10-13-9(12)6-14(10)8-4-2-3-7(11)5-8/h2-6H,12H2,1H3. The molecule has 2 aromatic rings. The lowest BCUT2D eigenvalue weighted by Gasteiger charge is -2.05. The number of methoxy groups -OCH3 is 1. The van der Waals surface area contributed by atoms with Gasteiger partial charge in [0.05, 0.1) is 19.0 Å². The molecule has 0 fully saturated rings. The van der Waals surface area contributed by atoms with Gasteiger partial charge in [0.15, 0.2) is 0 Å². The fourth-order valence-corrected chi connectivity index (χ4v) is 1.34. The maximum atomic E-state index is 13.0. The molecule has 0 bridgehead atoms. The van der Waals surface area contributed by atoms with Crippen LogP contribution in [0.15, 0.2) is 30.5 Å². The van der Waals surface area contributed by atoms with Gasteiger partial charge < -0.3 is 10.5 Å². The van der Waals surface area contributed by atoms with Crippen LogP contribution in [0.4, 0.5) is 10.2 Å². The summed E-state index contributed by atoms with van der Waals surface area (Å²) in [6.45, 7) is 0. The normalized spacial score (nSPS) is 10.3. The summed E-state index contributed by atoms with van der Waals surface area (Å²) in [6, 6.07) is 6.44. The number of nitrogens with two attached hydrogens (primary N) is 1. The Labute approximate surface area is 86.1 Å². The molecule has 0 amide bonds.